The number of piperidine rings is 1. The van der Waals surface area contributed by atoms with E-state index < -0.39 is 0 Å². The summed E-state index contributed by atoms with van der Waals surface area (Å²) in [7, 11) is 0. The highest BCUT2D eigenvalue weighted by molar-refractivity contribution is 6.30. The van der Waals surface area contributed by atoms with Crippen LogP contribution in [-0.4, -0.2) is 23.3 Å². The Hall–Kier alpha value is -1.02. The normalized spacial score (nSPS) is 25.5. The Morgan fingerprint density at radius 1 is 1.29 bits per heavy atom. The second-order valence-corrected chi connectivity index (χ2v) is 5.24. The van der Waals surface area contributed by atoms with E-state index in [1.54, 1.807) is 0 Å². The van der Waals surface area contributed by atoms with Gasteiger partial charge in [-0.2, -0.15) is 5.10 Å². The predicted octanol–water partition coefficient (Wildman–Crippen LogP) is 3.94. The molecule has 2 nitrogen and oxygen atoms in total. The summed E-state index contributed by atoms with van der Waals surface area (Å²) in [6.07, 6.45) is 5.68. The molecular formula is C14H19ClN2. The van der Waals surface area contributed by atoms with Gasteiger partial charge in [0.25, 0.3) is 0 Å². The number of halogens is 1. The van der Waals surface area contributed by atoms with Gasteiger partial charge in [0.2, 0.25) is 0 Å². The predicted molar refractivity (Wildman–Crippen MR) is 73.7 cm³/mol. The Labute approximate surface area is 108 Å². The van der Waals surface area contributed by atoms with Crippen molar-refractivity contribution in [1.29, 1.82) is 0 Å². The molecule has 0 radical (unpaired) electrons. The second kappa shape index (κ2) is 5.54. The number of hydrazone groups is 1. The van der Waals surface area contributed by atoms with E-state index in [1.165, 1.54) is 19.3 Å². The fourth-order valence-corrected chi connectivity index (χ4v) is 2.55. The van der Waals surface area contributed by atoms with Crippen LogP contribution in [0.1, 0.15) is 38.7 Å². The maximum atomic E-state index is 5.95. The van der Waals surface area contributed by atoms with E-state index in [2.05, 4.69) is 24.0 Å². The number of hydrogen-bond acceptors (Lipinski definition) is 2. The van der Waals surface area contributed by atoms with E-state index in [-0.39, 0.29) is 0 Å². The quantitative estimate of drug-likeness (QED) is 0.726. The van der Waals surface area contributed by atoms with Crippen LogP contribution in [0.5, 0.6) is 0 Å². The number of rotatable bonds is 2. The number of hydrogen-bond donors (Lipinski definition) is 0. The zero-order chi connectivity index (χ0) is 12.3. The van der Waals surface area contributed by atoms with E-state index in [9.17, 15) is 0 Å². The van der Waals surface area contributed by atoms with Crippen LogP contribution in [0, 0.1) is 0 Å². The zero-order valence-corrected chi connectivity index (χ0v) is 11.2. The minimum Gasteiger partial charge on any atom is -0.292 e. The summed E-state index contributed by atoms with van der Waals surface area (Å²) in [5.74, 6) is 0. The van der Waals surface area contributed by atoms with Crippen molar-refractivity contribution in [3.8, 4) is 0 Å². The maximum Gasteiger partial charge on any atom is 0.0543 e. The van der Waals surface area contributed by atoms with Crippen LogP contribution >= 0.6 is 11.6 Å². The van der Waals surface area contributed by atoms with Gasteiger partial charge in [0.15, 0.2) is 0 Å². The Kier molecular flexibility index (Phi) is 4.06. The molecule has 1 saturated heterocycles. The van der Waals surface area contributed by atoms with Crippen molar-refractivity contribution in [2.75, 3.05) is 0 Å². The fourth-order valence-electron chi connectivity index (χ4n) is 2.36. The van der Waals surface area contributed by atoms with Crippen molar-refractivity contribution >= 4 is 17.8 Å². The molecule has 1 fully saturated rings. The lowest BCUT2D eigenvalue weighted by Crippen LogP contribution is -2.39. The van der Waals surface area contributed by atoms with Gasteiger partial charge in [0.1, 0.15) is 0 Å². The highest BCUT2D eigenvalue weighted by Gasteiger charge is 2.22. The monoisotopic (exact) mass is 250 g/mol. The zero-order valence-electron chi connectivity index (χ0n) is 10.4. The van der Waals surface area contributed by atoms with Crippen molar-refractivity contribution in [3.05, 3.63) is 34.9 Å². The SMILES string of the molecule is C[C@@H]1CCC[C@@H](C)N1/N=C\c1cccc(Cl)c1. The molecule has 0 saturated carbocycles. The topological polar surface area (TPSA) is 15.6 Å². The molecule has 1 heterocycles. The Morgan fingerprint density at radius 3 is 2.65 bits per heavy atom. The van der Waals surface area contributed by atoms with Gasteiger partial charge in [0.05, 0.1) is 6.21 Å². The van der Waals surface area contributed by atoms with Crippen LogP contribution in [0.2, 0.25) is 5.02 Å². The molecular weight excluding hydrogens is 232 g/mol. The first kappa shape index (κ1) is 12.4. The van der Waals surface area contributed by atoms with Crippen LogP contribution in [0.4, 0.5) is 0 Å². The summed E-state index contributed by atoms with van der Waals surface area (Å²) < 4.78 is 0. The molecule has 0 N–H and O–H groups in total. The molecule has 92 valence electrons. The third-order valence-electron chi connectivity index (χ3n) is 3.34. The van der Waals surface area contributed by atoms with Gasteiger partial charge in [-0.25, -0.2) is 0 Å². The van der Waals surface area contributed by atoms with Crippen molar-refractivity contribution in [2.45, 2.75) is 45.2 Å². The first-order valence-electron chi connectivity index (χ1n) is 6.24. The summed E-state index contributed by atoms with van der Waals surface area (Å²) in [5.41, 5.74) is 1.06. The van der Waals surface area contributed by atoms with Gasteiger partial charge in [-0.3, -0.25) is 5.01 Å². The highest BCUT2D eigenvalue weighted by atomic mass is 35.5. The minimum atomic E-state index is 0.536. The molecule has 2 rings (SSSR count). The molecule has 1 aliphatic rings. The molecule has 0 unspecified atom stereocenters. The average Bonchev–Trinajstić information content (AvgIpc) is 2.28. The Morgan fingerprint density at radius 2 is 2.00 bits per heavy atom. The third-order valence-corrected chi connectivity index (χ3v) is 3.57. The summed E-state index contributed by atoms with van der Waals surface area (Å²) in [5, 5.41) is 7.58. The molecule has 0 aliphatic carbocycles. The van der Waals surface area contributed by atoms with Crippen LogP contribution in [0.25, 0.3) is 0 Å². The molecule has 1 aromatic carbocycles. The summed E-state index contributed by atoms with van der Waals surface area (Å²) in [6.45, 7) is 4.48. The van der Waals surface area contributed by atoms with E-state index >= 15 is 0 Å². The van der Waals surface area contributed by atoms with Crippen molar-refractivity contribution in [3.63, 3.8) is 0 Å². The summed E-state index contributed by atoms with van der Waals surface area (Å²) in [6, 6.07) is 8.86. The smallest absolute Gasteiger partial charge is 0.0543 e. The van der Waals surface area contributed by atoms with E-state index in [0.29, 0.717) is 12.1 Å². The van der Waals surface area contributed by atoms with Crippen molar-refractivity contribution in [1.82, 2.24) is 5.01 Å². The molecule has 0 spiro atoms. The van der Waals surface area contributed by atoms with Crippen molar-refractivity contribution < 1.29 is 0 Å². The number of benzene rings is 1. The van der Waals surface area contributed by atoms with Gasteiger partial charge in [-0.15, -0.1) is 0 Å². The van der Waals surface area contributed by atoms with E-state index in [4.69, 9.17) is 11.6 Å². The van der Waals surface area contributed by atoms with Gasteiger partial charge in [0, 0.05) is 17.1 Å². The largest absolute Gasteiger partial charge is 0.292 e. The van der Waals surface area contributed by atoms with E-state index in [0.717, 1.165) is 10.6 Å². The second-order valence-electron chi connectivity index (χ2n) is 4.81. The summed E-state index contributed by atoms with van der Waals surface area (Å²) in [4.78, 5) is 0. The van der Waals surface area contributed by atoms with Gasteiger partial charge in [-0.1, -0.05) is 23.7 Å². The third kappa shape index (κ3) is 3.22. The summed E-state index contributed by atoms with van der Waals surface area (Å²) >= 11 is 5.95. The maximum absolute atomic E-state index is 5.95. The minimum absolute atomic E-state index is 0.536. The lowest BCUT2D eigenvalue weighted by molar-refractivity contribution is 0.109. The molecule has 1 aromatic rings. The Bertz CT molecular complexity index is 393. The molecule has 0 amide bonds. The lowest BCUT2D eigenvalue weighted by Gasteiger charge is -2.36. The first-order valence-corrected chi connectivity index (χ1v) is 6.62. The number of nitrogens with zero attached hydrogens (tertiary/aromatic N) is 2. The van der Waals surface area contributed by atoms with Gasteiger partial charge in [-0.05, 0) is 50.8 Å². The van der Waals surface area contributed by atoms with Crippen molar-refractivity contribution in [2.24, 2.45) is 5.10 Å². The molecule has 0 aromatic heterocycles. The molecule has 3 heteroatoms. The van der Waals surface area contributed by atoms with Crippen LogP contribution in [-0.2, 0) is 0 Å². The standard InChI is InChI=1S/C14H19ClN2/c1-11-5-3-6-12(2)17(11)16-10-13-7-4-8-14(15)9-13/h4,7-12H,3,5-6H2,1-2H3/b16-10-/t11-,12-/m1/s1. The molecule has 1 aliphatic heterocycles. The average molecular weight is 251 g/mol. The molecule has 17 heavy (non-hydrogen) atoms. The molecule has 2 atom stereocenters. The fraction of sp³-hybridized carbons (Fsp3) is 0.500. The van der Waals surface area contributed by atoms with E-state index in [1.807, 2.05) is 30.5 Å². The Balaban J connectivity index is 2.08. The lowest BCUT2D eigenvalue weighted by atomic mass is 10.00. The van der Waals surface area contributed by atoms with Crippen LogP contribution in [0.3, 0.4) is 0 Å². The van der Waals surface area contributed by atoms with Gasteiger partial charge >= 0.3 is 0 Å². The highest BCUT2D eigenvalue weighted by Crippen LogP contribution is 2.22. The molecule has 0 bridgehead atoms. The van der Waals surface area contributed by atoms with Crippen LogP contribution < -0.4 is 0 Å². The first-order chi connectivity index (χ1) is 8.16. The van der Waals surface area contributed by atoms with Gasteiger partial charge < -0.3 is 0 Å². The van der Waals surface area contributed by atoms with Crippen LogP contribution in [0.15, 0.2) is 29.4 Å².